The Hall–Kier alpha value is -0.740. The molecule has 0 aromatic heterocycles. The van der Waals surface area contributed by atoms with Gasteiger partial charge < -0.3 is 5.73 Å². The van der Waals surface area contributed by atoms with Crippen LogP contribution in [0, 0.1) is 5.82 Å². The van der Waals surface area contributed by atoms with Crippen molar-refractivity contribution in [2.24, 2.45) is 5.73 Å². The van der Waals surface area contributed by atoms with Crippen LogP contribution in [-0.2, 0) is 0 Å². The van der Waals surface area contributed by atoms with E-state index in [1.807, 2.05) is 12.1 Å². The van der Waals surface area contributed by atoms with Crippen LogP contribution in [0.15, 0.2) is 47.4 Å². The van der Waals surface area contributed by atoms with Crippen LogP contribution in [0.4, 0.5) is 4.39 Å². The first-order chi connectivity index (χ1) is 9.06. The molecule has 0 aliphatic heterocycles. The molecule has 19 heavy (non-hydrogen) atoms. The first kappa shape index (κ1) is 14.7. The molecule has 1 unspecified atom stereocenters. The molecular formula is C14H12Cl2FNS. The molecule has 1 atom stereocenters. The Labute approximate surface area is 125 Å². The van der Waals surface area contributed by atoms with Crippen molar-refractivity contribution in [3.63, 3.8) is 0 Å². The minimum Gasteiger partial charge on any atom is -0.323 e. The average Bonchev–Trinajstić information content (AvgIpc) is 2.39. The maximum Gasteiger partial charge on any atom is 0.124 e. The zero-order valence-electron chi connectivity index (χ0n) is 9.95. The SMILES string of the molecule is NC(CSc1cccc(F)c1)c1ccc(Cl)c(Cl)c1. The van der Waals surface area contributed by atoms with Crippen LogP contribution in [0.25, 0.3) is 0 Å². The minimum absolute atomic E-state index is 0.178. The molecule has 2 N–H and O–H groups in total. The second-order valence-corrected chi connectivity index (χ2v) is 5.96. The van der Waals surface area contributed by atoms with Crippen molar-refractivity contribution >= 4 is 35.0 Å². The van der Waals surface area contributed by atoms with Crippen LogP contribution in [0.1, 0.15) is 11.6 Å². The number of halogens is 3. The van der Waals surface area contributed by atoms with Gasteiger partial charge in [0.15, 0.2) is 0 Å². The molecule has 0 aliphatic rings. The lowest BCUT2D eigenvalue weighted by molar-refractivity contribution is 0.624. The second-order valence-electron chi connectivity index (χ2n) is 4.05. The van der Waals surface area contributed by atoms with E-state index in [1.165, 1.54) is 23.9 Å². The van der Waals surface area contributed by atoms with Crippen molar-refractivity contribution in [1.29, 1.82) is 0 Å². The molecule has 2 aromatic carbocycles. The smallest absolute Gasteiger partial charge is 0.124 e. The van der Waals surface area contributed by atoms with Crippen molar-refractivity contribution in [3.8, 4) is 0 Å². The topological polar surface area (TPSA) is 26.0 Å². The maximum absolute atomic E-state index is 13.0. The Morgan fingerprint density at radius 1 is 1.11 bits per heavy atom. The van der Waals surface area contributed by atoms with Crippen molar-refractivity contribution in [1.82, 2.24) is 0 Å². The van der Waals surface area contributed by atoms with Gasteiger partial charge in [0.25, 0.3) is 0 Å². The summed E-state index contributed by atoms with van der Waals surface area (Å²) in [4.78, 5) is 0.857. The molecule has 0 radical (unpaired) electrons. The summed E-state index contributed by atoms with van der Waals surface area (Å²) in [6.07, 6.45) is 0. The average molecular weight is 316 g/mol. The fourth-order valence-corrected chi connectivity index (χ4v) is 2.82. The van der Waals surface area contributed by atoms with Crippen molar-refractivity contribution in [2.45, 2.75) is 10.9 Å². The molecule has 0 spiro atoms. The van der Waals surface area contributed by atoms with Crippen molar-refractivity contribution in [2.75, 3.05) is 5.75 Å². The Kier molecular flexibility index (Phi) is 5.11. The monoisotopic (exact) mass is 315 g/mol. The van der Waals surface area contributed by atoms with E-state index < -0.39 is 0 Å². The van der Waals surface area contributed by atoms with Crippen molar-refractivity contribution < 1.29 is 4.39 Å². The predicted octanol–water partition coefficient (Wildman–Crippen LogP) is 4.92. The van der Waals surface area contributed by atoms with Gasteiger partial charge >= 0.3 is 0 Å². The van der Waals surface area contributed by atoms with Crippen molar-refractivity contribution in [3.05, 3.63) is 63.9 Å². The number of rotatable bonds is 4. The van der Waals surface area contributed by atoms with E-state index in [-0.39, 0.29) is 11.9 Å². The standard InChI is InChI=1S/C14H12Cl2FNS/c15-12-5-4-9(6-13(12)16)14(18)8-19-11-3-1-2-10(17)7-11/h1-7,14H,8,18H2. The third-order valence-corrected chi connectivity index (χ3v) is 4.45. The predicted molar refractivity (Wildman–Crippen MR) is 80.5 cm³/mol. The van der Waals surface area contributed by atoms with Crippen LogP contribution < -0.4 is 5.73 Å². The third kappa shape index (κ3) is 4.11. The molecule has 5 heteroatoms. The number of nitrogens with two attached hydrogens (primary N) is 1. The van der Waals surface area contributed by atoms with Gasteiger partial charge in [-0.25, -0.2) is 4.39 Å². The molecule has 0 bridgehead atoms. The molecule has 2 aromatic rings. The first-order valence-electron chi connectivity index (χ1n) is 5.65. The molecule has 0 aliphatic carbocycles. The molecule has 1 nitrogen and oxygen atoms in total. The van der Waals surface area contributed by atoms with E-state index >= 15 is 0 Å². The summed E-state index contributed by atoms with van der Waals surface area (Å²) in [6.45, 7) is 0. The Bertz CT molecular complexity index is 577. The summed E-state index contributed by atoms with van der Waals surface area (Å²) >= 11 is 13.3. The van der Waals surface area contributed by atoms with Gasteiger partial charge in [0.1, 0.15) is 5.82 Å². The zero-order chi connectivity index (χ0) is 13.8. The molecule has 0 amide bonds. The zero-order valence-corrected chi connectivity index (χ0v) is 12.3. The van der Waals surface area contributed by atoms with Gasteiger partial charge in [-0.1, -0.05) is 35.3 Å². The van der Waals surface area contributed by atoms with E-state index in [0.717, 1.165) is 10.5 Å². The number of benzene rings is 2. The highest BCUT2D eigenvalue weighted by molar-refractivity contribution is 7.99. The number of hydrogen-bond donors (Lipinski definition) is 1. The summed E-state index contributed by atoms with van der Waals surface area (Å²) < 4.78 is 13.0. The summed E-state index contributed by atoms with van der Waals surface area (Å²) in [5.41, 5.74) is 7.00. The molecule has 0 saturated carbocycles. The van der Waals surface area contributed by atoms with Gasteiger partial charge in [-0.15, -0.1) is 11.8 Å². The quantitative estimate of drug-likeness (QED) is 0.810. The Balaban J connectivity index is 2.01. The van der Waals surface area contributed by atoms with Gasteiger partial charge in [0.2, 0.25) is 0 Å². The van der Waals surface area contributed by atoms with Gasteiger partial charge in [0, 0.05) is 16.7 Å². The van der Waals surface area contributed by atoms with E-state index in [0.29, 0.717) is 15.8 Å². The van der Waals surface area contributed by atoms with Gasteiger partial charge in [0.05, 0.1) is 10.0 Å². The molecule has 0 fully saturated rings. The van der Waals surface area contributed by atoms with E-state index in [9.17, 15) is 4.39 Å². The Morgan fingerprint density at radius 2 is 1.89 bits per heavy atom. The van der Waals surface area contributed by atoms with Gasteiger partial charge in [-0.3, -0.25) is 0 Å². The lowest BCUT2D eigenvalue weighted by Gasteiger charge is -2.12. The molecule has 100 valence electrons. The molecule has 0 saturated heterocycles. The fraction of sp³-hybridized carbons (Fsp3) is 0.143. The summed E-state index contributed by atoms with van der Waals surface area (Å²) in [7, 11) is 0. The normalized spacial score (nSPS) is 12.4. The third-order valence-electron chi connectivity index (χ3n) is 2.60. The van der Waals surface area contributed by atoms with Crippen LogP contribution in [0.2, 0.25) is 10.0 Å². The molecular weight excluding hydrogens is 304 g/mol. The van der Waals surface area contributed by atoms with Crippen LogP contribution in [0.3, 0.4) is 0 Å². The van der Waals surface area contributed by atoms with Crippen LogP contribution >= 0.6 is 35.0 Å². The lowest BCUT2D eigenvalue weighted by atomic mass is 10.1. The van der Waals surface area contributed by atoms with E-state index in [1.54, 1.807) is 18.2 Å². The number of thioether (sulfide) groups is 1. The van der Waals surface area contributed by atoms with E-state index in [4.69, 9.17) is 28.9 Å². The largest absolute Gasteiger partial charge is 0.323 e. The van der Waals surface area contributed by atoms with Gasteiger partial charge in [-0.05, 0) is 35.9 Å². The highest BCUT2D eigenvalue weighted by Gasteiger charge is 2.09. The second kappa shape index (κ2) is 6.62. The van der Waals surface area contributed by atoms with E-state index in [2.05, 4.69) is 0 Å². The van der Waals surface area contributed by atoms with Gasteiger partial charge in [-0.2, -0.15) is 0 Å². The summed E-state index contributed by atoms with van der Waals surface area (Å²) in [6, 6.07) is 11.6. The summed E-state index contributed by atoms with van der Waals surface area (Å²) in [5.74, 6) is 0.398. The van der Waals surface area contributed by atoms with Crippen LogP contribution in [0.5, 0.6) is 0 Å². The first-order valence-corrected chi connectivity index (χ1v) is 7.39. The summed E-state index contributed by atoms with van der Waals surface area (Å²) in [5, 5.41) is 1.00. The molecule has 2 rings (SSSR count). The minimum atomic E-state index is -0.242. The highest BCUT2D eigenvalue weighted by Crippen LogP contribution is 2.28. The van der Waals surface area contributed by atoms with Crippen LogP contribution in [-0.4, -0.2) is 5.75 Å². The highest BCUT2D eigenvalue weighted by atomic mass is 35.5. The lowest BCUT2D eigenvalue weighted by Crippen LogP contribution is -2.12. The molecule has 0 heterocycles. The maximum atomic E-state index is 13.0. The number of hydrogen-bond acceptors (Lipinski definition) is 2. The Morgan fingerprint density at radius 3 is 2.58 bits per heavy atom. The fourth-order valence-electron chi connectivity index (χ4n) is 1.58.